The van der Waals surface area contributed by atoms with Crippen molar-refractivity contribution in [3.8, 4) is 0 Å². The molecule has 0 saturated heterocycles. The van der Waals surface area contributed by atoms with Gasteiger partial charge in [-0.3, -0.25) is 38.8 Å². The Morgan fingerprint density at radius 2 is 1.19 bits per heavy atom. The Bertz CT molecular complexity index is 1280. The van der Waals surface area contributed by atoms with Gasteiger partial charge in [0.25, 0.3) is 0 Å². The van der Waals surface area contributed by atoms with Crippen molar-refractivity contribution in [3.63, 3.8) is 0 Å². The molecule has 14 N–H and O–H groups in total. The molecule has 1 aromatic rings. The highest BCUT2D eigenvalue weighted by atomic mass is 32.1. The van der Waals surface area contributed by atoms with Crippen molar-refractivity contribution in [1.29, 1.82) is 0 Å². The lowest BCUT2D eigenvalue weighted by molar-refractivity contribution is -0.134. The van der Waals surface area contributed by atoms with Crippen LogP contribution in [0.4, 0.5) is 0 Å². The standard InChI is InChI=1S/C29H50N12O6S/c1-16(2)8-9-20(25(46)39-18(6-4-12-36-28(31)32)23(44)27-35-14-15-48-27)40-26(47)21(10-11-22(30)43)41-24(45)19(38-17(3)42)7-5-13-37-29(33)34/h14-16,18-21H,4-13H2,1-3H3,(H2,30,43)(H,38,42)(H,39,46)(H,40,47)(H,41,45)(H4,31,32,36)(H4,33,34,37)/t18-,19-,20-,21-/m0/s1. The van der Waals surface area contributed by atoms with Gasteiger partial charge in [0, 0.05) is 38.0 Å². The van der Waals surface area contributed by atoms with Crippen molar-refractivity contribution in [2.45, 2.75) is 96.3 Å². The van der Waals surface area contributed by atoms with Crippen LogP contribution in [0.15, 0.2) is 21.6 Å². The summed E-state index contributed by atoms with van der Waals surface area (Å²) in [4.78, 5) is 89.0. The molecule has 1 heterocycles. The number of aromatic nitrogens is 1. The minimum atomic E-state index is -1.29. The summed E-state index contributed by atoms with van der Waals surface area (Å²) in [5.74, 6) is -3.76. The Kier molecular flexibility index (Phi) is 18.8. The van der Waals surface area contributed by atoms with Crippen molar-refractivity contribution in [2.75, 3.05) is 13.1 Å². The third kappa shape index (κ3) is 17.2. The van der Waals surface area contributed by atoms with Gasteiger partial charge in [-0.15, -0.1) is 11.3 Å². The van der Waals surface area contributed by atoms with E-state index in [2.05, 4.69) is 36.2 Å². The number of nitrogens with one attached hydrogen (secondary N) is 4. The molecular weight excluding hydrogens is 644 g/mol. The van der Waals surface area contributed by atoms with E-state index in [9.17, 15) is 28.8 Å². The molecule has 0 aliphatic carbocycles. The Hall–Kier alpha value is -4.81. The molecule has 268 valence electrons. The van der Waals surface area contributed by atoms with Crippen LogP contribution >= 0.6 is 11.3 Å². The van der Waals surface area contributed by atoms with E-state index in [0.717, 1.165) is 11.3 Å². The van der Waals surface area contributed by atoms with Gasteiger partial charge in [0.15, 0.2) is 16.9 Å². The lowest BCUT2D eigenvalue weighted by Gasteiger charge is -2.26. The Morgan fingerprint density at radius 1 is 0.708 bits per heavy atom. The summed E-state index contributed by atoms with van der Waals surface area (Å²) in [6.07, 6.45) is 2.82. The average molecular weight is 695 g/mol. The highest BCUT2D eigenvalue weighted by Gasteiger charge is 2.32. The lowest BCUT2D eigenvalue weighted by atomic mass is 10.0. The number of ketones is 1. The van der Waals surface area contributed by atoms with Crippen LogP contribution in [0.5, 0.6) is 0 Å². The van der Waals surface area contributed by atoms with Crippen molar-refractivity contribution in [3.05, 3.63) is 16.6 Å². The predicted octanol–water partition coefficient (Wildman–Crippen LogP) is -1.91. The van der Waals surface area contributed by atoms with Crippen LogP contribution < -0.4 is 49.9 Å². The normalized spacial score (nSPS) is 13.2. The smallest absolute Gasteiger partial charge is 0.243 e. The largest absolute Gasteiger partial charge is 0.370 e. The maximum Gasteiger partial charge on any atom is 0.243 e. The van der Waals surface area contributed by atoms with Gasteiger partial charge < -0.3 is 49.9 Å². The molecule has 4 atom stereocenters. The fourth-order valence-corrected chi connectivity index (χ4v) is 5.06. The molecule has 0 radical (unpaired) electrons. The first kappa shape index (κ1) is 41.2. The second kappa shape index (κ2) is 21.9. The molecule has 18 nitrogen and oxygen atoms in total. The van der Waals surface area contributed by atoms with E-state index in [0.29, 0.717) is 19.3 Å². The molecule has 5 amide bonds. The van der Waals surface area contributed by atoms with Crippen LogP contribution in [0.3, 0.4) is 0 Å². The second-order valence-electron chi connectivity index (χ2n) is 11.5. The zero-order valence-electron chi connectivity index (χ0n) is 27.7. The number of carbonyl (C=O) groups excluding carboxylic acids is 6. The quantitative estimate of drug-likeness (QED) is 0.0263. The molecule has 0 bridgehead atoms. The van der Waals surface area contributed by atoms with Crippen LogP contribution in [-0.4, -0.2) is 89.5 Å². The SMILES string of the molecule is CC(=O)N[C@@H](CCCN=C(N)N)C(=O)N[C@@H](CCC(N)=O)C(=O)N[C@@H](CCC(C)C)C(=O)N[C@@H](CCCN=C(N)N)C(=O)c1nccs1. The third-order valence-corrected chi connectivity index (χ3v) is 7.63. The first-order chi connectivity index (χ1) is 22.6. The first-order valence-corrected chi connectivity index (χ1v) is 16.5. The van der Waals surface area contributed by atoms with Gasteiger partial charge in [-0.25, -0.2) is 4.98 Å². The number of primary amides is 1. The molecule has 19 heteroatoms. The van der Waals surface area contributed by atoms with Crippen molar-refractivity contribution in [2.24, 2.45) is 44.6 Å². The number of aliphatic imine (C=N–C) groups is 2. The third-order valence-electron chi connectivity index (χ3n) is 6.84. The number of guanidine groups is 2. The van der Waals surface area contributed by atoms with Crippen LogP contribution in [0.25, 0.3) is 0 Å². The van der Waals surface area contributed by atoms with E-state index in [1.54, 1.807) is 5.38 Å². The zero-order chi connectivity index (χ0) is 36.2. The second-order valence-corrected chi connectivity index (χ2v) is 12.4. The van der Waals surface area contributed by atoms with E-state index < -0.39 is 59.5 Å². The molecule has 0 saturated carbocycles. The summed E-state index contributed by atoms with van der Waals surface area (Å²) in [6, 6.07) is -4.43. The van der Waals surface area contributed by atoms with Crippen molar-refractivity contribution in [1.82, 2.24) is 26.3 Å². The van der Waals surface area contributed by atoms with Crippen LogP contribution in [0.1, 0.15) is 81.9 Å². The number of Topliss-reactive ketones (excluding diaryl/α,β-unsaturated/α-hetero) is 1. The highest BCUT2D eigenvalue weighted by molar-refractivity contribution is 7.11. The van der Waals surface area contributed by atoms with Gasteiger partial charge >= 0.3 is 0 Å². The monoisotopic (exact) mass is 694 g/mol. The topological polar surface area (TPSA) is 318 Å². The fraction of sp³-hybridized carbons (Fsp3) is 0.621. The summed E-state index contributed by atoms with van der Waals surface area (Å²) >= 11 is 1.12. The molecule has 0 aromatic carbocycles. The number of hydrogen-bond donors (Lipinski definition) is 9. The summed E-state index contributed by atoms with van der Waals surface area (Å²) < 4.78 is 0. The Morgan fingerprint density at radius 3 is 1.62 bits per heavy atom. The van der Waals surface area contributed by atoms with E-state index in [1.165, 1.54) is 13.1 Å². The fourth-order valence-electron chi connectivity index (χ4n) is 4.43. The van der Waals surface area contributed by atoms with Gasteiger partial charge in [0.1, 0.15) is 18.1 Å². The van der Waals surface area contributed by atoms with E-state index >= 15 is 0 Å². The minimum absolute atomic E-state index is 0.106. The molecule has 1 rings (SSSR count). The molecular formula is C29H50N12O6S. The summed E-state index contributed by atoms with van der Waals surface area (Å²) in [6.45, 7) is 5.55. The van der Waals surface area contributed by atoms with Gasteiger partial charge in [-0.05, 0) is 50.9 Å². The minimum Gasteiger partial charge on any atom is -0.370 e. The average Bonchev–Trinajstić information content (AvgIpc) is 3.54. The summed E-state index contributed by atoms with van der Waals surface area (Å²) in [5.41, 5.74) is 26.8. The maximum absolute atomic E-state index is 13.7. The van der Waals surface area contributed by atoms with E-state index in [1.807, 2.05) is 13.8 Å². The zero-order valence-corrected chi connectivity index (χ0v) is 28.5. The van der Waals surface area contributed by atoms with E-state index in [-0.39, 0.29) is 68.0 Å². The number of thiazole rings is 1. The van der Waals surface area contributed by atoms with Gasteiger partial charge in [-0.2, -0.15) is 0 Å². The highest BCUT2D eigenvalue weighted by Crippen LogP contribution is 2.14. The Balaban J connectivity index is 3.22. The molecule has 0 spiro atoms. The summed E-state index contributed by atoms with van der Waals surface area (Å²) in [7, 11) is 0. The molecule has 0 unspecified atom stereocenters. The number of carbonyl (C=O) groups is 6. The number of hydrogen-bond acceptors (Lipinski definition) is 10. The summed E-state index contributed by atoms with van der Waals surface area (Å²) in [5, 5.41) is 12.4. The molecule has 48 heavy (non-hydrogen) atoms. The van der Waals surface area contributed by atoms with Crippen LogP contribution in [0, 0.1) is 5.92 Å². The van der Waals surface area contributed by atoms with Gasteiger partial charge in [0.05, 0.1) is 6.04 Å². The lowest BCUT2D eigenvalue weighted by Crippen LogP contribution is -2.57. The molecule has 0 fully saturated rings. The maximum atomic E-state index is 13.7. The van der Waals surface area contributed by atoms with E-state index in [4.69, 9.17) is 28.7 Å². The predicted molar refractivity (Wildman–Crippen MR) is 182 cm³/mol. The number of nitrogens with zero attached hydrogens (tertiary/aromatic N) is 3. The van der Waals surface area contributed by atoms with Crippen LogP contribution in [-0.2, 0) is 24.0 Å². The number of nitrogens with two attached hydrogens (primary N) is 5. The van der Waals surface area contributed by atoms with Gasteiger partial charge in [-0.1, -0.05) is 13.8 Å². The number of rotatable bonds is 23. The van der Waals surface area contributed by atoms with Crippen molar-refractivity contribution >= 4 is 58.6 Å². The van der Waals surface area contributed by atoms with Crippen LogP contribution in [0.2, 0.25) is 0 Å². The molecule has 0 aliphatic rings. The molecule has 0 aliphatic heterocycles. The van der Waals surface area contributed by atoms with Gasteiger partial charge in [0.2, 0.25) is 35.3 Å². The Labute approximate surface area is 283 Å². The van der Waals surface area contributed by atoms with Crippen molar-refractivity contribution < 1.29 is 28.8 Å². The number of amides is 5. The molecule has 1 aromatic heterocycles. The first-order valence-electron chi connectivity index (χ1n) is 15.6.